The molecule has 0 aromatic heterocycles. The summed E-state index contributed by atoms with van der Waals surface area (Å²) in [5, 5.41) is 12.5. The summed E-state index contributed by atoms with van der Waals surface area (Å²) in [6, 6.07) is 23.5. The van der Waals surface area contributed by atoms with Gasteiger partial charge < -0.3 is 15.0 Å². The number of ether oxygens (including phenoxy) is 1. The van der Waals surface area contributed by atoms with Crippen molar-refractivity contribution in [2.45, 2.75) is 27.4 Å². The van der Waals surface area contributed by atoms with E-state index in [2.05, 4.69) is 46.7 Å². The number of aryl methyl sites for hydroxylation is 1. The quantitative estimate of drug-likeness (QED) is 0.181. The molecule has 1 amide bonds. The first-order valence-electron chi connectivity index (χ1n) is 11.2. The summed E-state index contributed by atoms with van der Waals surface area (Å²) in [7, 11) is 0. The first-order chi connectivity index (χ1) is 16.4. The molecule has 0 aliphatic carbocycles. The van der Waals surface area contributed by atoms with Crippen molar-refractivity contribution in [3.8, 4) is 11.8 Å². The molecule has 0 aliphatic heterocycles. The molecule has 6 heteroatoms. The number of carbonyl (C=O) groups excluding carboxylic acids is 1. The maximum Gasteiger partial charge on any atom is 0.266 e. The smallest absolute Gasteiger partial charge is 0.266 e. The van der Waals surface area contributed by atoms with Crippen molar-refractivity contribution in [2.24, 2.45) is 0 Å². The molecule has 0 bridgehead atoms. The number of nitrogens with one attached hydrogen (secondary N) is 1. The van der Waals surface area contributed by atoms with Crippen LogP contribution in [0.2, 0.25) is 0 Å². The molecule has 3 aromatic carbocycles. The maximum atomic E-state index is 12.8. The van der Waals surface area contributed by atoms with E-state index in [1.807, 2.05) is 79.7 Å². The standard InChI is InChI=1S/C28H28IN3O2/c1-4-32(5-2)26-15-10-22(27(17-26)34-19-21-8-11-24(29)12-9-21)16-23(18-30)28(33)31-25-13-6-20(3)7-14-25/h6-17H,4-5,19H2,1-3H3,(H,31,33)/b23-16+. The lowest BCUT2D eigenvalue weighted by Crippen LogP contribution is -2.21. The Morgan fingerprint density at radius 3 is 2.35 bits per heavy atom. The Morgan fingerprint density at radius 2 is 1.74 bits per heavy atom. The van der Waals surface area contributed by atoms with Gasteiger partial charge in [0.15, 0.2) is 0 Å². The number of carbonyl (C=O) groups is 1. The number of nitriles is 1. The van der Waals surface area contributed by atoms with Crippen LogP contribution in [0.4, 0.5) is 11.4 Å². The fourth-order valence-corrected chi connectivity index (χ4v) is 3.79. The van der Waals surface area contributed by atoms with E-state index in [1.54, 1.807) is 6.08 Å². The molecule has 0 heterocycles. The Morgan fingerprint density at radius 1 is 1.06 bits per heavy atom. The zero-order chi connectivity index (χ0) is 24.5. The number of halogens is 1. The van der Waals surface area contributed by atoms with Gasteiger partial charge in [0.2, 0.25) is 0 Å². The van der Waals surface area contributed by atoms with Gasteiger partial charge in [0.25, 0.3) is 5.91 Å². The molecule has 3 rings (SSSR count). The summed E-state index contributed by atoms with van der Waals surface area (Å²) < 4.78 is 7.34. The third kappa shape index (κ3) is 6.84. The summed E-state index contributed by atoms with van der Waals surface area (Å²) in [5.74, 6) is 0.168. The van der Waals surface area contributed by atoms with Crippen LogP contribution in [0.15, 0.2) is 72.3 Å². The van der Waals surface area contributed by atoms with Crippen molar-refractivity contribution in [3.05, 3.63) is 92.6 Å². The fourth-order valence-electron chi connectivity index (χ4n) is 3.43. The summed E-state index contributed by atoms with van der Waals surface area (Å²) in [6.07, 6.45) is 1.58. The van der Waals surface area contributed by atoms with Gasteiger partial charge in [0, 0.05) is 39.7 Å². The topological polar surface area (TPSA) is 65.4 Å². The summed E-state index contributed by atoms with van der Waals surface area (Å²) in [4.78, 5) is 15.0. The van der Waals surface area contributed by atoms with Crippen LogP contribution >= 0.6 is 22.6 Å². The third-order valence-electron chi connectivity index (χ3n) is 5.41. The van der Waals surface area contributed by atoms with Crippen molar-refractivity contribution in [1.29, 1.82) is 5.26 Å². The predicted molar refractivity (Wildman–Crippen MR) is 147 cm³/mol. The highest BCUT2D eigenvalue weighted by molar-refractivity contribution is 14.1. The molecular weight excluding hydrogens is 537 g/mol. The zero-order valence-corrected chi connectivity index (χ0v) is 21.8. The minimum atomic E-state index is -0.456. The van der Waals surface area contributed by atoms with Gasteiger partial charge in [-0.1, -0.05) is 29.8 Å². The normalized spacial score (nSPS) is 11.0. The van der Waals surface area contributed by atoms with Crippen LogP contribution in [0.25, 0.3) is 6.08 Å². The molecule has 5 nitrogen and oxygen atoms in total. The SMILES string of the molecule is CCN(CC)c1ccc(/C=C(\C#N)C(=O)Nc2ccc(C)cc2)c(OCc2ccc(I)cc2)c1. The Kier molecular flexibility index (Phi) is 9.11. The van der Waals surface area contributed by atoms with Crippen molar-refractivity contribution >= 4 is 45.9 Å². The van der Waals surface area contributed by atoms with E-state index in [4.69, 9.17) is 4.74 Å². The number of amides is 1. The highest BCUT2D eigenvalue weighted by Crippen LogP contribution is 2.29. The van der Waals surface area contributed by atoms with Crippen molar-refractivity contribution in [2.75, 3.05) is 23.3 Å². The van der Waals surface area contributed by atoms with E-state index < -0.39 is 5.91 Å². The summed E-state index contributed by atoms with van der Waals surface area (Å²) in [6.45, 7) is 8.30. The average Bonchev–Trinajstić information content (AvgIpc) is 2.85. The predicted octanol–water partition coefficient (Wildman–Crippen LogP) is 6.57. The average molecular weight is 565 g/mol. The molecular formula is C28H28IN3O2. The van der Waals surface area contributed by atoms with Crippen LogP contribution in [-0.2, 0) is 11.4 Å². The minimum Gasteiger partial charge on any atom is -0.488 e. The number of rotatable bonds is 9. The summed E-state index contributed by atoms with van der Waals surface area (Å²) in [5.41, 5.74) is 4.50. The second-order valence-electron chi connectivity index (χ2n) is 7.80. The van der Waals surface area contributed by atoms with Gasteiger partial charge in [0.1, 0.15) is 24.0 Å². The van der Waals surface area contributed by atoms with E-state index in [0.29, 0.717) is 23.6 Å². The lowest BCUT2D eigenvalue weighted by molar-refractivity contribution is -0.112. The molecule has 0 saturated heterocycles. The highest BCUT2D eigenvalue weighted by atomic mass is 127. The Bertz CT molecular complexity index is 1190. The van der Waals surface area contributed by atoms with Crippen LogP contribution in [0.1, 0.15) is 30.5 Å². The maximum absolute atomic E-state index is 12.8. The second-order valence-corrected chi connectivity index (χ2v) is 9.05. The van der Waals surface area contributed by atoms with Crippen LogP contribution in [0.3, 0.4) is 0 Å². The lowest BCUT2D eigenvalue weighted by atomic mass is 10.1. The minimum absolute atomic E-state index is 0.00952. The third-order valence-corrected chi connectivity index (χ3v) is 6.13. The molecule has 0 spiro atoms. The van der Waals surface area contributed by atoms with Gasteiger partial charge in [-0.15, -0.1) is 0 Å². The molecule has 1 N–H and O–H groups in total. The second kappa shape index (κ2) is 12.2. The Balaban J connectivity index is 1.90. The number of benzene rings is 3. The van der Waals surface area contributed by atoms with Crippen molar-refractivity contribution < 1.29 is 9.53 Å². The zero-order valence-electron chi connectivity index (χ0n) is 19.6. The van der Waals surface area contributed by atoms with Gasteiger partial charge >= 0.3 is 0 Å². The van der Waals surface area contributed by atoms with Gasteiger partial charge in [-0.25, -0.2) is 0 Å². The van der Waals surface area contributed by atoms with E-state index in [9.17, 15) is 10.1 Å². The van der Waals surface area contributed by atoms with Crippen molar-refractivity contribution in [3.63, 3.8) is 0 Å². The molecule has 0 fully saturated rings. The van der Waals surface area contributed by atoms with E-state index in [-0.39, 0.29) is 5.57 Å². The van der Waals surface area contributed by atoms with E-state index in [0.717, 1.165) is 33.5 Å². The first kappa shape index (κ1) is 25.3. The Labute approximate surface area is 215 Å². The van der Waals surface area contributed by atoms with Gasteiger partial charge in [-0.3, -0.25) is 4.79 Å². The van der Waals surface area contributed by atoms with E-state index >= 15 is 0 Å². The van der Waals surface area contributed by atoms with E-state index in [1.165, 1.54) is 0 Å². The molecule has 0 unspecified atom stereocenters. The Hall–Kier alpha value is -3.31. The number of anilines is 2. The highest BCUT2D eigenvalue weighted by Gasteiger charge is 2.13. The molecule has 3 aromatic rings. The summed E-state index contributed by atoms with van der Waals surface area (Å²) >= 11 is 2.27. The molecule has 34 heavy (non-hydrogen) atoms. The number of hydrogen-bond acceptors (Lipinski definition) is 4. The molecule has 0 saturated carbocycles. The number of hydrogen-bond donors (Lipinski definition) is 1. The van der Waals surface area contributed by atoms with Crippen molar-refractivity contribution in [1.82, 2.24) is 0 Å². The first-order valence-corrected chi connectivity index (χ1v) is 12.3. The largest absolute Gasteiger partial charge is 0.488 e. The van der Waals surface area contributed by atoms with Crippen LogP contribution in [0, 0.1) is 21.8 Å². The van der Waals surface area contributed by atoms with Gasteiger partial charge in [0.05, 0.1) is 0 Å². The molecule has 0 radical (unpaired) electrons. The van der Waals surface area contributed by atoms with Crippen LogP contribution < -0.4 is 15.0 Å². The number of nitrogens with zero attached hydrogens (tertiary/aromatic N) is 2. The van der Waals surface area contributed by atoms with Crippen LogP contribution in [0.5, 0.6) is 5.75 Å². The van der Waals surface area contributed by atoms with Gasteiger partial charge in [-0.05, 0) is 91.4 Å². The fraction of sp³-hybridized carbons (Fsp3) is 0.214. The molecule has 0 aliphatic rings. The molecule has 0 atom stereocenters. The van der Waals surface area contributed by atoms with Crippen LogP contribution in [-0.4, -0.2) is 19.0 Å². The molecule has 174 valence electrons. The lowest BCUT2D eigenvalue weighted by Gasteiger charge is -2.22. The monoisotopic (exact) mass is 565 g/mol. The van der Waals surface area contributed by atoms with Gasteiger partial charge in [-0.2, -0.15) is 5.26 Å².